The van der Waals surface area contributed by atoms with Crippen molar-refractivity contribution >= 4 is 21.6 Å². The molecule has 2 aliphatic rings. The quantitative estimate of drug-likeness (QED) is 0.862. The van der Waals surface area contributed by atoms with E-state index in [4.69, 9.17) is 5.73 Å². The third-order valence-electron chi connectivity index (χ3n) is 4.09. The van der Waals surface area contributed by atoms with Crippen LogP contribution in [0.1, 0.15) is 31.2 Å². The lowest BCUT2D eigenvalue weighted by Gasteiger charge is -2.39. The fourth-order valence-corrected chi connectivity index (χ4v) is 4.10. The molecule has 0 aromatic heterocycles. The summed E-state index contributed by atoms with van der Waals surface area (Å²) in [5.41, 5.74) is 8.81. The Balaban J connectivity index is 1.94. The van der Waals surface area contributed by atoms with E-state index in [1.54, 1.807) is 0 Å². The summed E-state index contributed by atoms with van der Waals surface area (Å²) in [6.07, 6.45) is 4.93. The van der Waals surface area contributed by atoms with Crippen molar-refractivity contribution < 1.29 is 0 Å². The zero-order valence-electron chi connectivity index (χ0n) is 10.2. The first-order valence-corrected chi connectivity index (χ1v) is 7.24. The number of nitrogens with two attached hydrogens (primary N) is 1. The Morgan fingerprint density at radius 3 is 2.41 bits per heavy atom. The van der Waals surface area contributed by atoms with Gasteiger partial charge in [0.25, 0.3) is 0 Å². The maximum Gasteiger partial charge on any atom is 0.0385 e. The Bertz CT molecular complexity index is 398. The maximum atomic E-state index is 6.12. The van der Waals surface area contributed by atoms with Crippen LogP contribution in [0.25, 0.3) is 0 Å². The van der Waals surface area contributed by atoms with Gasteiger partial charge in [-0.15, -0.1) is 0 Å². The molecule has 0 radical (unpaired) electrons. The summed E-state index contributed by atoms with van der Waals surface area (Å²) >= 11 is 3.60. The summed E-state index contributed by atoms with van der Waals surface area (Å²) in [7, 11) is 0. The first kappa shape index (κ1) is 11.5. The number of anilines is 1. The molecule has 3 rings (SSSR count). The van der Waals surface area contributed by atoms with Crippen molar-refractivity contribution in [3.05, 3.63) is 28.2 Å². The van der Waals surface area contributed by atoms with E-state index in [1.807, 2.05) is 0 Å². The van der Waals surface area contributed by atoms with Gasteiger partial charge >= 0.3 is 0 Å². The van der Waals surface area contributed by atoms with Crippen LogP contribution >= 0.6 is 15.9 Å². The fraction of sp³-hybridized carbons (Fsp3) is 0.571. The average Bonchev–Trinajstić information content (AvgIpc) is 2.50. The van der Waals surface area contributed by atoms with Gasteiger partial charge in [0.05, 0.1) is 0 Å². The molecule has 0 spiro atoms. The van der Waals surface area contributed by atoms with Crippen LogP contribution in [0.15, 0.2) is 22.7 Å². The van der Waals surface area contributed by atoms with E-state index in [1.165, 1.54) is 28.6 Å². The van der Waals surface area contributed by atoms with E-state index in [0.29, 0.717) is 18.1 Å². The Hall–Kier alpha value is -0.540. The zero-order valence-corrected chi connectivity index (χ0v) is 11.8. The van der Waals surface area contributed by atoms with Crippen LogP contribution in [0.5, 0.6) is 0 Å². The lowest BCUT2D eigenvalue weighted by molar-refractivity contribution is 0.414. The van der Waals surface area contributed by atoms with Crippen LogP contribution in [0.3, 0.4) is 0 Å². The highest BCUT2D eigenvalue weighted by Gasteiger charge is 2.39. The summed E-state index contributed by atoms with van der Waals surface area (Å²) in [5, 5.41) is 0. The number of hydrogen-bond donors (Lipinski definition) is 1. The Labute approximate surface area is 111 Å². The third kappa shape index (κ3) is 2.11. The predicted molar refractivity (Wildman–Crippen MR) is 75.4 cm³/mol. The molecule has 2 heterocycles. The van der Waals surface area contributed by atoms with Crippen LogP contribution in [-0.4, -0.2) is 18.1 Å². The average molecular weight is 295 g/mol. The number of piperidine rings is 1. The van der Waals surface area contributed by atoms with Gasteiger partial charge in [0.15, 0.2) is 0 Å². The first-order chi connectivity index (χ1) is 8.13. The van der Waals surface area contributed by atoms with Gasteiger partial charge in [0.2, 0.25) is 0 Å². The molecule has 2 aliphatic heterocycles. The normalized spacial score (nSPS) is 31.9. The second-order valence-corrected chi connectivity index (χ2v) is 6.43. The molecule has 1 aromatic carbocycles. The number of fused-ring (bicyclic) bond motifs is 2. The number of nitrogens with zero attached hydrogens (tertiary/aromatic N) is 1. The van der Waals surface area contributed by atoms with Crippen LogP contribution in [-0.2, 0) is 0 Å². The molecule has 0 saturated carbocycles. The minimum atomic E-state index is 0.414. The molecule has 1 aromatic rings. The first-order valence-electron chi connectivity index (χ1n) is 6.44. The van der Waals surface area contributed by atoms with Crippen LogP contribution in [0.2, 0.25) is 0 Å². The number of halogens is 1. The van der Waals surface area contributed by atoms with Gasteiger partial charge in [-0.25, -0.2) is 0 Å². The van der Waals surface area contributed by atoms with Crippen molar-refractivity contribution in [1.29, 1.82) is 0 Å². The monoisotopic (exact) mass is 294 g/mol. The summed E-state index contributed by atoms with van der Waals surface area (Å²) in [5.74, 6) is 0. The third-order valence-corrected chi connectivity index (χ3v) is 4.55. The van der Waals surface area contributed by atoms with E-state index in [2.05, 4.69) is 46.0 Å². The molecule has 2 bridgehead atoms. The van der Waals surface area contributed by atoms with Crippen molar-refractivity contribution in [2.24, 2.45) is 5.73 Å². The molecular weight excluding hydrogens is 276 g/mol. The van der Waals surface area contributed by atoms with E-state index >= 15 is 0 Å². The summed E-state index contributed by atoms with van der Waals surface area (Å²) < 4.78 is 1.18. The van der Waals surface area contributed by atoms with E-state index in [-0.39, 0.29) is 0 Å². The second kappa shape index (κ2) is 4.29. The van der Waals surface area contributed by atoms with Gasteiger partial charge in [-0.1, -0.05) is 15.9 Å². The van der Waals surface area contributed by atoms with Crippen LogP contribution < -0.4 is 10.6 Å². The van der Waals surface area contributed by atoms with Gasteiger partial charge in [0, 0.05) is 28.3 Å². The molecule has 2 unspecified atom stereocenters. The Morgan fingerprint density at radius 2 is 1.82 bits per heavy atom. The number of benzene rings is 1. The molecule has 2 saturated heterocycles. The summed E-state index contributed by atoms with van der Waals surface area (Å²) in [6.45, 7) is 2.16. The van der Waals surface area contributed by atoms with Crippen LogP contribution in [0.4, 0.5) is 5.69 Å². The largest absolute Gasteiger partial charge is 0.365 e. The Kier molecular flexibility index (Phi) is 2.91. The highest BCUT2D eigenvalue weighted by Crippen LogP contribution is 2.39. The van der Waals surface area contributed by atoms with E-state index in [9.17, 15) is 0 Å². The smallest absolute Gasteiger partial charge is 0.0385 e. The lowest BCUT2D eigenvalue weighted by atomic mass is 9.97. The minimum absolute atomic E-state index is 0.414. The van der Waals surface area contributed by atoms with Crippen molar-refractivity contribution in [1.82, 2.24) is 0 Å². The highest BCUT2D eigenvalue weighted by molar-refractivity contribution is 9.10. The minimum Gasteiger partial charge on any atom is -0.365 e. The summed E-state index contributed by atoms with van der Waals surface area (Å²) in [4.78, 5) is 2.61. The van der Waals surface area contributed by atoms with Crippen molar-refractivity contribution in [3.63, 3.8) is 0 Å². The molecule has 2 nitrogen and oxygen atoms in total. The van der Waals surface area contributed by atoms with Gasteiger partial charge in [0.1, 0.15) is 0 Å². The molecule has 92 valence electrons. The molecule has 2 atom stereocenters. The molecule has 0 aliphatic carbocycles. The lowest BCUT2D eigenvalue weighted by Crippen LogP contribution is -2.47. The van der Waals surface area contributed by atoms with Crippen molar-refractivity contribution in [2.75, 3.05) is 4.90 Å². The van der Waals surface area contributed by atoms with Gasteiger partial charge < -0.3 is 10.6 Å². The zero-order chi connectivity index (χ0) is 12.0. The number of hydrogen-bond acceptors (Lipinski definition) is 2. The number of rotatable bonds is 1. The SMILES string of the molecule is Cc1cc(Br)cc(N2C3CCC2CC(N)C3)c1. The van der Waals surface area contributed by atoms with Gasteiger partial charge in [-0.2, -0.15) is 0 Å². The van der Waals surface area contributed by atoms with Crippen molar-refractivity contribution in [2.45, 2.75) is 50.7 Å². The maximum absolute atomic E-state index is 6.12. The summed E-state index contributed by atoms with van der Waals surface area (Å²) in [6, 6.07) is 8.45. The second-order valence-electron chi connectivity index (χ2n) is 5.51. The highest BCUT2D eigenvalue weighted by atomic mass is 79.9. The Morgan fingerprint density at radius 1 is 1.18 bits per heavy atom. The van der Waals surface area contributed by atoms with Crippen molar-refractivity contribution in [3.8, 4) is 0 Å². The molecule has 0 amide bonds. The standard InChI is InChI=1S/C14H19BrN2/c1-9-4-10(15)6-14(5-9)17-12-2-3-13(17)8-11(16)7-12/h4-6,11-13H,2-3,7-8,16H2,1H3. The van der Waals surface area contributed by atoms with E-state index < -0.39 is 0 Å². The van der Waals surface area contributed by atoms with E-state index in [0.717, 1.165) is 12.8 Å². The van der Waals surface area contributed by atoms with Crippen LogP contribution in [0, 0.1) is 6.92 Å². The molecule has 17 heavy (non-hydrogen) atoms. The number of aryl methyl sites for hydroxylation is 1. The fourth-order valence-electron chi connectivity index (χ4n) is 3.51. The molecule has 2 N–H and O–H groups in total. The van der Waals surface area contributed by atoms with Gasteiger partial charge in [-0.05, 0) is 56.4 Å². The van der Waals surface area contributed by atoms with Gasteiger partial charge in [-0.3, -0.25) is 0 Å². The topological polar surface area (TPSA) is 29.3 Å². The molecule has 3 heteroatoms. The molecular formula is C14H19BrN2. The predicted octanol–water partition coefficient (Wildman–Crippen LogP) is 3.22. The molecule has 2 fully saturated rings.